The van der Waals surface area contributed by atoms with E-state index >= 15 is 0 Å². The third-order valence-electron chi connectivity index (χ3n) is 7.07. The van der Waals surface area contributed by atoms with Crippen LogP contribution < -0.4 is 15.5 Å². The zero-order valence-electron chi connectivity index (χ0n) is 18.6. The first-order chi connectivity index (χ1) is 15.5. The van der Waals surface area contributed by atoms with E-state index in [2.05, 4.69) is 20.5 Å². The lowest BCUT2D eigenvalue weighted by atomic mass is 9.94. The molecular weight excluding hydrogens is 411 g/mol. The Labute approximate surface area is 187 Å². The number of hydrogen-bond acceptors (Lipinski definition) is 6. The Morgan fingerprint density at radius 3 is 2.75 bits per heavy atom. The highest BCUT2D eigenvalue weighted by Crippen LogP contribution is 2.42. The third-order valence-corrected chi connectivity index (χ3v) is 7.07. The Morgan fingerprint density at radius 1 is 1.19 bits per heavy atom. The normalized spacial score (nSPS) is 25.4. The second-order valence-electron chi connectivity index (χ2n) is 9.20. The summed E-state index contributed by atoms with van der Waals surface area (Å²) in [6.07, 6.45) is 8.59. The van der Waals surface area contributed by atoms with Crippen LogP contribution in [0, 0.1) is 12.7 Å². The number of aryl methyl sites for hydroxylation is 1. The number of carbonyl (C=O) groups is 1. The van der Waals surface area contributed by atoms with Gasteiger partial charge in [-0.25, -0.2) is 4.39 Å². The smallest absolute Gasteiger partial charge is 0.295 e. The number of piperidine rings is 1. The molecule has 2 saturated heterocycles. The highest BCUT2D eigenvalue weighted by Gasteiger charge is 2.46. The van der Waals surface area contributed by atoms with Gasteiger partial charge in [-0.15, -0.1) is 0 Å². The number of anilines is 3. The van der Waals surface area contributed by atoms with Crippen LogP contribution in [0.4, 0.5) is 21.8 Å². The van der Waals surface area contributed by atoms with Gasteiger partial charge < -0.3 is 24.7 Å². The van der Waals surface area contributed by atoms with E-state index in [0.717, 1.165) is 64.6 Å². The summed E-state index contributed by atoms with van der Waals surface area (Å²) in [7, 11) is 0. The summed E-state index contributed by atoms with van der Waals surface area (Å²) < 4.78 is 26.5. The Hall–Kier alpha value is -2.61. The first kappa shape index (κ1) is 21.2. The first-order valence-corrected chi connectivity index (χ1v) is 11.8. The van der Waals surface area contributed by atoms with Gasteiger partial charge in [-0.2, -0.15) is 4.98 Å². The molecule has 3 heterocycles. The van der Waals surface area contributed by atoms with Gasteiger partial charge in [-0.1, -0.05) is 0 Å². The van der Waals surface area contributed by atoms with Gasteiger partial charge >= 0.3 is 0 Å². The van der Waals surface area contributed by atoms with Crippen molar-refractivity contribution in [3.63, 3.8) is 0 Å². The largest absolute Gasteiger partial charge is 0.428 e. The number of benzene rings is 1. The molecule has 1 saturated carbocycles. The van der Waals surface area contributed by atoms with Crippen LogP contribution >= 0.6 is 0 Å². The van der Waals surface area contributed by atoms with Crippen molar-refractivity contribution in [2.45, 2.75) is 69.9 Å². The second-order valence-corrected chi connectivity index (χ2v) is 9.20. The quantitative estimate of drug-likeness (QED) is 0.687. The Balaban J connectivity index is 1.26. The van der Waals surface area contributed by atoms with E-state index in [0.29, 0.717) is 23.1 Å². The summed E-state index contributed by atoms with van der Waals surface area (Å²) in [4.78, 5) is 19.3. The molecule has 0 bridgehead atoms. The maximum absolute atomic E-state index is 14.7. The number of aromatic nitrogens is 1. The van der Waals surface area contributed by atoms with Crippen LogP contribution in [-0.4, -0.2) is 42.2 Å². The number of hydrogen-bond donors (Lipinski definition) is 2. The summed E-state index contributed by atoms with van der Waals surface area (Å²) in [5, 5.41) is 6.11. The predicted octanol–water partition coefficient (Wildman–Crippen LogP) is 4.88. The fourth-order valence-electron chi connectivity index (χ4n) is 5.42. The molecule has 7 nitrogen and oxygen atoms in total. The molecule has 0 radical (unpaired) electrons. The molecule has 2 N–H and O–H groups in total. The van der Waals surface area contributed by atoms with Gasteiger partial charge in [-0.05, 0) is 76.5 Å². The lowest BCUT2D eigenvalue weighted by Crippen LogP contribution is -2.41. The van der Waals surface area contributed by atoms with E-state index in [9.17, 15) is 9.18 Å². The van der Waals surface area contributed by atoms with Crippen molar-refractivity contribution in [2.75, 3.05) is 35.2 Å². The number of rotatable bonds is 5. The van der Waals surface area contributed by atoms with E-state index in [1.807, 2.05) is 0 Å². The lowest BCUT2D eigenvalue weighted by Gasteiger charge is -2.30. The zero-order valence-corrected chi connectivity index (χ0v) is 18.6. The van der Waals surface area contributed by atoms with Gasteiger partial charge in [0.05, 0.1) is 17.3 Å². The molecular formula is C24H31FN4O3. The summed E-state index contributed by atoms with van der Waals surface area (Å²) >= 11 is 0. The van der Waals surface area contributed by atoms with E-state index in [4.69, 9.17) is 9.15 Å². The average Bonchev–Trinajstić information content (AvgIpc) is 3.51. The van der Waals surface area contributed by atoms with Gasteiger partial charge in [-0.3, -0.25) is 4.79 Å². The van der Waals surface area contributed by atoms with Gasteiger partial charge in [0.25, 0.3) is 11.9 Å². The standard InChI is InChI=1S/C24H31FN4O3/c1-16-21(28-23(32-16)27-20-7-5-10-24(20)11-6-14-31-24)22(30)26-17-8-9-19(18(25)15-17)29-12-3-2-4-13-29/h8-9,15,20H,2-7,10-14H2,1H3,(H,26,30)(H,27,28). The molecule has 32 heavy (non-hydrogen) atoms. The van der Waals surface area contributed by atoms with E-state index in [-0.39, 0.29) is 23.2 Å². The summed E-state index contributed by atoms with van der Waals surface area (Å²) in [5.41, 5.74) is 1.05. The molecule has 2 unspecified atom stereocenters. The minimum absolute atomic E-state index is 0.135. The minimum atomic E-state index is -0.414. The lowest BCUT2D eigenvalue weighted by molar-refractivity contribution is 0.00226. The van der Waals surface area contributed by atoms with E-state index in [1.54, 1.807) is 19.1 Å². The number of oxazole rings is 1. The van der Waals surface area contributed by atoms with Crippen LogP contribution in [0.3, 0.4) is 0 Å². The van der Waals surface area contributed by atoms with Crippen LogP contribution in [0.1, 0.15) is 67.6 Å². The molecule has 1 spiro atoms. The summed E-state index contributed by atoms with van der Waals surface area (Å²) in [6.45, 7) is 4.24. The molecule has 3 aliphatic rings. The monoisotopic (exact) mass is 442 g/mol. The fourth-order valence-corrected chi connectivity index (χ4v) is 5.42. The van der Waals surface area contributed by atoms with Crippen LogP contribution in [0.25, 0.3) is 0 Å². The van der Waals surface area contributed by atoms with E-state index < -0.39 is 5.91 Å². The summed E-state index contributed by atoms with van der Waals surface area (Å²) in [5.74, 6) is -0.315. The van der Waals surface area contributed by atoms with Crippen LogP contribution in [0.15, 0.2) is 22.6 Å². The van der Waals surface area contributed by atoms with Gasteiger partial charge in [0.2, 0.25) is 0 Å². The Bertz CT molecular complexity index is 974. The fraction of sp³-hybridized carbons (Fsp3) is 0.583. The number of nitrogens with zero attached hydrogens (tertiary/aromatic N) is 2. The number of nitrogens with one attached hydrogen (secondary N) is 2. The first-order valence-electron chi connectivity index (χ1n) is 11.8. The molecule has 3 fully saturated rings. The number of ether oxygens (including phenoxy) is 1. The molecule has 5 rings (SSSR count). The molecule has 2 atom stereocenters. The molecule has 1 aromatic heterocycles. The third kappa shape index (κ3) is 4.08. The maximum Gasteiger partial charge on any atom is 0.295 e. The molecule has 1 amide bonds. The van der Waals surface area contributed by atoms with Gasteiger partial charge in [0, 0.05) is 25.4 Å². The van der Waals surface area contributed by atoms with Crippen molar-refractivity contribution >= 4 is 23.3 Å². The number of carbonyl (C=O) groups excluding carboxylic acids is 1. The maximum atomic E-state index is 14.7. The second kappa shape index (κ2) is 8.73. The Morgan fingerprint density at radius 2 is 2.00 bits per heavy atom. The van der Waals surface area contributed by atoms with Crippen LogP contribution in [-0.2, 0) is 4.74 Å². The minimum Gasteiger partial charge on any atom is -0.428 e. The SMILES string of the molecule is Cc1oc(NC2CCCC23CCCO3)nc1C(=O)Nc1ccc(N2CCCCC2)c(F)c1. The molecule has 1 aliphatic carbocycles. The highest BCUT2D eigenvalue weighted by molar-refractivity contribution is 6.03. The van der Waals surface area contributed by atoms with Crippen LogP contribution in [0.2, 0.25) is 0 Å². The molecule has 1 aromatic carbocycles. The van der Waals surface area contributed by atoms with E-state index in [1.165, 1.54) is 12.5 Å². The van der Waals surface area contributed by atoms with Crippen molar-refractivity contribution < 1.29 is 18.3 Å². The average molecular weight is 443 g/mol. The Kier molecular flexibility index (Phi) is 5.80. The highest BCUT2D eigenvalue weighted by atomic mass is 19.1. The van der Waals surface area contributed by atoms with Crippen molar-refractivity contribution in [1.29, 1.82) is 0 Å². The van der Waals surface area contributed by atoms with Crippen molar-refractivity contribution in [3.8, 4) is 0 Å². The van der Waals surface area contributed by atoms with Gasteiger partial charge in [0.1, 0.15) is 11.6 Å². The molecule has 2 aliphatic heterocycles. The predicted molar refractivity (Wildman–Crippen MR) is 121 cm³/mol. The van der Waals surface area contributed by atoms with Crippen molar-refractivity contribution in [1.82, 2.24) is 4.98 Å². The topological polar surface area (TPSA) is 79.6 Å². The van der Waals surface area contributed by atoms with Crippen molar-refractivity contribution in [2.24, 2.45) is 0 Å². The molecule has 172 valence electrons. The summed E-state index contributed by atoms with van der Waals surface area (Å²) in [6, 6.07) is 5.31. The number of halogens is 1. The van der Waals surface area contributed by atoms with Crippen LogP contribution in [0.5, 0.6) is 0 Å². The number of amides is 1. The zero-order chi connectivity index (χ0) is 22.1. The van der Waals surface area contributed by atoms with Crippen molar-refractivity contribution in [3.05, 3.63) is 35.5 Å². The molecule has 8 heteroatoms. The van der Waals surface area contributed by atoms with Gasteiger partial charge in [0.15, 0.2) is 5.69 Å². The molecule has 2 aromatic rings.